The van der Waals surface area contributed by atoms with E-state index in [9.17, 15) is 4.79 Å². The molecule has 1 amide bonds. The number of fused-ring (bicyclic) bond motifs is 2. The fraction of sp³-hybridized carbons (Fsp3) is 0.105. The molecule has 1 aromatic heterocycles. The van der Waals surface area contributed by atoms with Gasteiger partial charge in [0.05, 0.1) is 15.6 Å². The van der Waals surface area contributed by atoms with E-state index < -0.39 is 0 Å². The average Bonchev–Trinajstić information content (AvgIpc) is 3.16. The maximum Gasteiger partial charge on any atom is 0.256 e. The van der Waals surface area contributed by atoms with Crippen LogP contribution >= 0.6 is 23.2 Å². The maximum absolute atomic E-state index is 13.0. The van der Waals surface area contributed by atoms with Crippen molar-refractivity contribution in [2.75, 3.05) is 5.32 Å². The summed E-state index contributed by atoms with van der Waals surface area (Å²) in [7, 11) is 0. The van der Waals surface area contributed by atoms with E-state index in [4.69, 9.17) is 23.2 Å². The van der Waals surface area contributed by atoms with Gasteiger partial charge in [-0.25, -0.2) is 9.97 Å². The van der Waals surface area contributed by atoms with E-state index >= 15 is 0 Å². The lowest BCUT2D eigenvalue weighted by molar-refractivity contribution is -0.112. The Kier molecular flexibility index (Phi) is 3.94. The van der Waals surface area contributed by atoms with Crippen molar-refractivity contribution in [2.24, 2.45) is 0 Å². The molecule has 1 heterocycles. The van der Waals surface area contributed by atoms with Crippen LogP contribution < -0.4 is 5.32 Å². The van der Waals surface area contributed by atoms with Crippen LogP contribution in [0, 0.1) is 0 Å². The molecule has 2 aliphatic carbocycles. The van der Waals surface area contributed by atoms with Crippen LogP contribution in [0.1, 0.15) is 18.4 Å². The number of allylic oxidation sites excluding steroid dienone is 3. The second-order valence-electron chi connectivity index (χ2n) is 6.00. The summed E-state index contributed by atoms with van der Waals surface area (Å²) in [4.78, 5) is 21.1. The summed E-state index contributed by atoms with van der Waals surface area (Å²) in [6.07, 6.45) is 6.48. The highest BCUT2D eigenvalue weighted by Gasteiger charge is 2.36. The number of hydrogen-bond acceptors (Lipinski definition) is 3. The normalized spacial score (nSPS) is 16.0. The van der Waals surface area contributed by atoms with Crippen LogP contribution in [0.5, 0.6) is 0 Å². The van der Waals surface area contributed by atoms with Gasteiger partial charge in [-0.2, -0.15) is 0 Å². The van der Waals surface area contributed by atoms with Gasteiger partial charge in [0.2, 0.25) is 0 Å². The quantitative estimate of drug-likeness (QED) is 0.842. The SMILES string of the molecule is C=C1CC2=C(c3cncnc3)C(C(=O)Nc3ccc(Cl)c(Cl)c3)=C1C2. The van der Waals surface area contributed by atoms with Crippen LogP contribution in [-0.4, -0.2) is 15.9 Å². The standard InChI is InChI=1S/C19H13Cl2N3O/c1-10-4-11-5-14(10)18(17(11)12-7-22-9-23-8-12)19(25)24-13-2-3-15(20)16(21)6-13/h2-3,6-9H,1,4-5H2,(H,24,25). The van der Waals surface area contributed by atoms with Crippen LogP contribution in [0.3, 0.4) is 0 Å². The Labute approximate surface area is 154 Å². The summed E-state index contributed by atoms with van der Waals surface area (Å²) in [5.41, 5.74) is 6.18. The van der Waals surface area contributed by atoms with E-state index in [-0.39, 0.29) is 5.91 Å². The maximum atomic E-state index is 13.0. The van der Waals surface area contributed by atoms with Crippen LogP contribution in [-0.2, 0) is 4.79 Å². The Bertz CT molecular complexity index is 977. The van der Waals surface area contributed by atoms with Crippen molar-refractivity contribution < 1.29 is 4.79 Å². The Morgan fingerprint density at radius 1 is 1.12 bits per heavy atom. The van der Waals surface area contributed by atoms with E-state index in [1.165, 1.54) is 11.9 Å². The number of halogens is 2. The number of benzene rings is 1. The molecule has 4 nitrogen and oxygen atoms in total. The molecule has 0 radical (unpaired) electrons. The summed E-state index contributed by atoms with van der Waals surface area (Å²) < 4.78 is 0. The van der Waals surface area contributed by atoms with Crippen LogP contribution in [0.4, 0.5) is 5.69 Å². The van der Waals surface area contributed by atoms with E-state index in [2.05, 4.69) is 21.9 Å². The van der Waals surface area contributed by atoms with E-state index in [0.29, 0.717) is 21.3 Å². The number of carbonyl (C=O) groups is 1. The van der Waals surface area contributed by atoms with Crippen molar-refractivity contribution in [1.82, 2.24) is 9.97 Å². The fourth-order valence-electron chi connectivity index (χ4n) is 3.33. The third-order valence-corrected chi connectivity index (χ3v) is 5.14. The Morgan fingerprint density at radius 3 is 2.60 bits per heavy atom. The Balaban J connectivity index is 1.71. The molecule has 0 atom stereocenters. The third-order valence-electron chi connectivity index (χ3n) is 4.40. The van der Waals surface area contributed by atoms with Gasteiger partial charge in [0.15, 0.2) is 0 Å². The summed E-state index contributed by atoms with van der Waals surface area (Å²) in [6.45, 7) is 4.09. The van der Waals surface area contributed by atoms with Crippen molar-refractivity contribution in [3.63, 3.8) is 0 Å². The molecule has 25 heavy (non-hydrogen) atoms. The number of hydrogen-bond donors (Lipinski definition) is 1. The van der Waals surface area contributed by atoms with Crippen molar-refractivity contribution in [3.05, 3.63) is 81.4 Å². The zero-order chi connectivity index (χ0) is 17.6. The highest BCUT2D eigenvalue weighted by molar-refractivity contribution is 6.42. The molecule has 1 saturated carbocycles. The summed E-state index contributed by atoms with van der Waals surface area (Å²) in [5, 5.41) is 3.74. The molecule has 4 rings (SSSR count). The molecular formula is C19H13Cl2N3O. The minimum atomic E-state index is -0.192. The number of anilines is 1. The molecular weight excluding hydrogens is 357 g/mol. The molecule has 1 aromatic carbocycles. The summed E-state index contributed by atoms with van der Waals surface area (Å²) >= 11 is 12.0. The van der Waals surface area contributed by atoms with Crippen LogP contribution in [0.25, 0.3) is 5.57 Å². The van der Waals surface area contributed by atoms with Crippen LogP contribution in [0.15, 0.2) is 65.8 Å². The van der Waals surface area contributed by atoms with Gasteiger partial charge in [0, 0.05) is 23.6 Å². The molecule has 0 unspecified atom stereocenters. The molecule has 2 aliphatic rings. The third kappa shape index (κ3) is 2.77. The van der Waals surface area contributed by atoms with Gasteiger partial charge in [-0.3, -0.25) is 4.79 Å². The first kappa shape index (κ1) is 16.1. The summed E-state index contributed by atoms with van der Waals surface area (Å²) in [5.74, 6) is -0.192. The van der Waals surface area contributed by atoms with Gasteiger partial charge in [-0.1, -0.05) is 35.4 Å². The minimum Gasteiger partial charge on any atom is -0.322 e. The average molecular weight is 370 g/mol. The molecule has 0 saturated heterocycles. The molecule has 2 bridgehead atoms. The Morgan fingerprint density at radius 2 is 1.88 bits per heavy atom. The van der Waals surface area contributed by atoms with Gasteiger partial charge < -0.3 is 5.32 Å². The zero-order valence-corrected chi connectivity index (χ0v) is 14.7. The highest BCUT2D eigenvalue weighted by atomic mass is 35.5. The molecule has 2 aromatic rings. The molecule has 1 fully saturated rings. The lowest BCUT2D eigenvalue weighted by Gasteiger charge is -2.17. The number of aromatic nitrogens is 2. The minimum absolute atomic E-state index is 0.192. The number of nitrogens with one attached hydrogen (secondary N) is 1. The monoisotopic (exact) mass is 369 g/mol. The van der Waals surface area contributed by atoms with Gasteiger partial charge in [0.1, 0.15) is 6.33 Å². The van der Waals surface area contributed by atoms with E-state index in [1.807, 2.05) is 0 Å². The van der Waals surface area contributed by atoms with E-state index in [1.54, 1.807) is 30.6 Å². The zero-order valence-electron chi connectivity index (χ0n) is 13.1. The molecule has 124 valence electrons. The molecule has 6 heteroatoms. The van der Waals surface area contributed by atoms with Crippen molar-refractivity contribution in [2.45, 2.75) is 12.8 Å². The van der Waals surface area contributed by atoms with Crippen molar-refractivity contribution in [3.8, 4) is 0 Å². The van der Waals surface area contributed by atoms with Gasteiger partial charge in [0.25, 0.3) is 5.91 Å². The first-order valence-corrected chi connectivity index (χ1v) is 8.45. The fourth-order valence-corrected chi connectivity index (χ4v) is 3.63. The van der Waals surface area contributed by atoms with E-state index in [0.717, 1.165) is 35.1 Å². The number of nitrogens with zero attached hydrogens (tertiary/aromatic N) is 2. The summed E-state index contributed by atoms with van der Waals surface area (Å²) in [6, 6.07) is 5.01. The van der Waals surface area contributed by atoms with Crippen LogP contribution in [0.2, 0.25) is 10.0 Å². The molecule has 1 N–H and O–H groups in total. The second-order valence-corrected chi connectivity index (χ2v) is 6.81. The first-order valence-electron chi connectivity index (χ1n) is 7.70. The number of amides is 1. The largest absolute Gasteiger partial charge is 0.322 e. The predicted molar refractivity (Wildman–Crippen MR) is 99.4 cm³/mol. The van der Waals surface area contributed by atoms with Gasteiger partial charge in [-0.05, 0) is 47.8 Å². The smallest absolute Gasteiger partial charge is 0.256 e. The molecule has 0 aliphatic heterocycles. The number of rotatable bonds is 3. The lowest BCUT2D eigenvalue weighted by Crippen LogP contribution is -2.17. The van der Waals surface area contributed by atoms with Gasteiger partial charge in [-0.15, -0.1) is 0 Å². The highest BCUT2D eigenvalue weighted by Crippen LogP contribution is 2.50. The Hall–Kier alpha value is -2.43. The topological polar surface area (TPSA) is 54.9 Å². The number of carbonyl (C=O) groups excluding carboxylic acids is 1. The second kappa shape index (κ2) is 6.14. The van der Waals surface area contributed by atoms with Gasteiger partial charge >= 0.3 is 0 Å². The predicted octanol–water partition coefficient (Wildman–Crippen LogP) is 4.84. The molecule has 0 spiro atoms. The first-order chi connectivity index (χ1) is 12.0. The lowest BCUT2D eigenvalue weighted by atomic mass is 9.91. The van der Waals surface area contributed by atoms with Crippen molar-refractivity contribution >= 4 is 40.4 Å². The van der Waals surface area contributed by atoms with Crippen molar-refractivity contribution in [1.29, 1.82) is 0 Å².